The molecule has 0 aliphatic carbocycles. The number of nitrogens with one attached hydrogen (secondary N) is 2. The largest absolute Gasteiger partial charge is 0.493 e. The van der Waals surface area contributed by atoms with Crippen molar-refractivity contribution in [2.45, 2.75) is 51.1 Å². The van der Waals surface area contributed by atoms with Crippen molar-refractivity contribution in [1.29, 1.82) is 0 Å². The smallest absolute Gasteiger partial charge is 0.286 e. The Bertz CT molecular complexity index is 969. The molecule has 1 aliphatic rings. The van der Waals surface area contributed by atoms with Gasteiger partial charge in [0.1, 0.15) is 5.56 Å². The quantitative estimate of drug-likeness (QED) is 0.271. The molecule has 1 amide bonds. The van der Waals surface area contributed by atoms with E-state index in [1.54, 1.807) is 14.0 Å². The van der Waals surface area contributed by atoms with Gasteiger partial charge in [0.05, 0.1) is 24.7 Å². The molecule has 1 heterocycles. The second-order valence-corrected chi connectivity index (χ2v) is 8.47. The lowest BCUT2D eigenvalue weighted by Gasteiger charge is -2.18. The maximum Gasteiger partial charge on any atom is 0.286 e. The minimum Gasteiger partial charge on any atom is -0.493 e. The molecule has 0 spiro atoms. The van der Waals surface area contributed by atoms with Crippen LogP contribution in [0.25, 0.3) is 0 Å². The van der Waals surface area contributed by atoms with Gasteiger partial charge < -0.3 is 14.4 Å². The zero-order valence-electron chi connectivity index (χ0n) is 20.1. The zero-order valence-corrected chi connectivity index (χ0v) is 20.1. The second-order valence-electron chi connectivity index (χ2n) is 8.47. The van der Waals surface area contributed by atoms with Crippen molar-refractivity contribution >= 4 is 11.6 Å². The zero-order chi connectivity index (χ0) is 24.5. The van der Waals surface area contributed by atoms with Crippen LogP contribution in [0.1, 0.15) is 61.0 Å². The number of rotatable bonds is 12. The van der Waals surface area contributed by atoms with E-state index in [1.807, 2.05) is 6.07 Å². The van der Waals surface area contributed by atoms with Crippen LogP contribution in [-0.2, 0) is 0 Å². The number of nitrogens with zero attached hydrogens (tertiary/aromatic N) is 2. The van der Waals surface area contributed by atoms with Gasteiger partial charge in [-0.25, -0.2) is 0 Å². The summed E-state index contributed by atoms with van der Waals surface area (Å²) in [6.45, 7) is 2.68. The fourth-order valence-electron chi connectivity index (χ4n) is 4.24. The summed E-state index contributed by atoms with van der Waals surface area (Å²) in [7, 11) is 3.08. The van der Waals surface area contributed by atoms with Gasteiger partial charge >= 0.3 is 0 Å². The van der Waals surface area contributed by atoms with Crippen molar-refractivity contribution in [2.75, 3.05) is 27.3 Å². The third-order valence-electron chi connectivity index (χ3n) is 6.09. The van der Waals surface area contributed by atoms with Gasteiger partial charge in [-0.05, 0) is 31.7 Å². The Kier molecular flexibility index (Phi) is 9.24. The van der Waals surface area contributed by atoms with E-state index in [-0.39, 0.29) is 17.0 Å². The minimum atomic E-state index is -0.565. The van der Waals surface area contributed by atoms with Gasteiger partial charge in [0.25, 0.3) is 11.6 Å². The molecule has 2 atom stereocenters. The van der Waals surface area contributed by atoms with Gasteiger partial charge in [-0.3, -0.25) is 25.8 Å². The number of hydrogen-bond donors (Lipinski definition) is 2. The van der Waals surface area contributed by atoms with Crippen LogP contribution in [0.15, 0.2) is 42.5 Å². The number of nitro benzene ring substituents is 1. The standard InChI is InChI=1S/C25H34N4O5/c1-4-34-24-16-20(22(29(31)32)17-23(24)33-3)25(30)28(2)14-10-6-9-13-19-15-21(27-26-19)18-11-7-5-8-12-18/h5,7-8,11-12,16-17,19,21,26-27H,4,6,9-10,13-15H2,1-3H3. The van der Waals surface area contributed by atoms with Gasteiger partial charge in [0, 0.05) is 31.7 Å². The maximum absolute atomic E-state index is 13.0. The highest BCUT2D eigenvalue weighted by Crippen LogP contribution is 2.35. The Hall–Kier alpha value is -3.17. The lowest BCUT2D eigenvalue weighted by molar-refractivity contribution is -0.385. The van der Waals surface area contributed by atoms with Gasteiger partial charge in [-0.2, -0.15) is 0 Å². The summed E-state index contributed by atoms with van der Waals surface area (Å²) in [5, 5.41) is 11.6. The van der Waals surface area contributed by atoms with E-state index in [1.165, 1.54) is 29.7 Å². The Labute approximate surface area is 200 Å². The van der Waals surface area contributed by atoms with E-state index in [0.29, 0.717) is 31.0 Å². The molecular weight excluding hydrogens is 436 g/mol. The van der Waals surface area contributed by atoms with Crippen LogP contribution in [0.3, 0.4) is 0 Å². The number of benzene rings is 2. The molecule has 0 radical (unpaired) electrons. The van der Waals surface area contributed by atoms with E-state index < -0.39 is 10.8 Å². The van der Waals surface area contributed by atoms with Crippen LogP contribution in [0.5, 0.6) is 11.5 Å². The van der Waals surface area contributed by atoms with Crippen molar-refractivity contribution in [3.63, 3.8) is 0 Å². The molecule has 0 saturated carbocycles. The number of amides is 1. The first-order chi connectivity index (χ1) is 16.4. The highest BCUT2D eigenvalue weighted by Gasteiger charge is 2.27. The molecule has 9 heteroatoms. The molecule has 1 fully saturated rings. The van der Waals surface area contributed by atoms with Crippen LogP contribution in [-0.4, -0.2) is 49.1 Å². The Morgan fingerprint density at radius 3 is 2.59 bits per heavy atom. The van der Waals surface area contributed by atoms with E-state index in [4.69, 9.17) is 9.47 Å². The number of hydrogen-bond acceptors (Lipinski definition) is 7. The molecule has 2 aromatic carbocycles. The summed E-state index contributed by atoms with van der Waals surface area (Å²) in [5.41, 5.74) is 7.77. The molecule has 9 nitrogen and oxygen atoms in total. The average Bonchev–Trinajstić information content (AvgIpc) is 3.32. The summed E-state index contributed by atoms with van der Waals surface area (Å²) in [5.74, 6) is 0.152. The predicted molar refractivity (Wildman–Crippen MR) is 130 cm³/mol. The van der Waals surface area contributed by atoms with E-state index >= 15 is 0 Å². The fraction of sp³-hybridized carbons (Fsp3) is 0.480. The average molecular weight is 471 g/mol. The number of hydrazine groups is 1. The normalized spacial score (nSPS) is 17.4. The molecule has 184 valence electrons. The molecule has 2 unspecified atom stereocenters. The number of carbonyl (C=O) groups excluding carboxylic acids is 1. The lowest BCUT2D eigenvalue weighted by Crippen LogP contribution is -2.31. The van der Waals surface area contributed by atoms with Crippen LogP contribution < -0.4 is 20.3 Å². The third kappa shape index (κ3) is 6.45. The topological polar surface area (TPSA) is 106 Å². The van der Waals surface area contributed by atoms with Crippen LogP contribution in [0.2, 0.25) is 0 Å². The molecule has 0 bridgehead atoms. The van der Waals surface area contributed by atoms with Gasteiger partial charge in [-0.15, -0.1) is 0 Å². The molecular formula is C25H34N4O5. The third-order valence-corrected chi connectivity index (χ3v) is 6.09. The van der Waals surface area contributed by atoms with Gasteiger partial charge in [0.15, 0.2) is 11.5 Å². The summed E-state index contributed by atoms with van der Waals surface area (Å²) in [6.07, 6.45) is 4.94. The van der Waals surface area contributed by atoms with E-state index in [0.717, 1.165) is 32.1 Å². The number of carbonyl (C=O) groups is 1. The fourth-order valence-corrected chi connectivity index (χ4v) is 4.24. The highest BCUT2D eigenvalue weighted by atomic mass is 16.6. The number of nitro groups is 1. The van der Waals surface area contributed by atoms with Crippen LogP contribution >= 0.6 is 0 Å². The van der Waals surface area contributed by atoms with Crippen molar-refractivity contribution in [3.05, 3.63) is 63.7 Å². The van der Waals surface area contributed by atoms with Crippen LogP contribution in [0, 0.1) is 10.1 Å². The Morgan fingerprint density at radius 1 is 1.15 bits per heavy atom. The number of unbranched alkanes of at least 4 members (excludes halogenated alkanes) is 2. The maximum atomic E-state index is 13.0. The van der Waals surface area contributed by atoms with Crippen LogP contribution in [0.4, 0.5) is 5.69 Å². The van der Waals surface area contributed by atoms with Crippen molar-refractivity contribution in [1.82, 2.24) is 15.8 Å². The predicted octanol–water partition coefficient (Wildman–Crippen LogP) is 4.24. The first-order valence-corrected chi connectivity index (χ1v) is 11.7. The molecule has 2 aromatic rings. The van der Waals surface area contributed by atoms with Gasteiger partial charge in [-0.1, -0.05) is 43.2 Å². The first-order valence-electron chi connectivity index (χ1n) is 11.7. The lowest BCUT2D eigenvalue weighted by atomic mass is 9.99. The Balaban J connectivity index is 1.48. The van der Waals surface area contributed by atoms with Gasteiger partial charge in [0.2, 0.25) is 0 Å². The summed E-state index contributed by atoms with van der Waals surface area (Å²) < 4.78 is 10.7. The van der Waals surface area contributed by atoms with Crippen molar-refractivity contribution in [3.8, 4) is 11.5 Å². The summed E-state index contributed by atoms with van der Waals surface area (Å²) in [4.78, 5) is 25.5. The summed E-state index contributed by atoms with van der Waals surface area (Å²) >= 11 is 0. The molecule has 2 N–H and O–H groups in total. The number of ether oxygens (including phenoxy) is 2. The molecule has 0 aromatic heterocycles. The molecule has 34 heavy (non-hydrogen) atoms. The molecule has 1 aliphatic heterocycles. The van der Waals surface area contributed by atoms with Crippen molar-refractivity contribution < 1.29 is 19.2 Å². The SMILES string of the molecule is CCOc1cc(C(=O)N(C)CCCCCC2CC(c3ccccc3)NN2)c([N+](=O)[O-])cc1OC. The number of methoxy groups -OCH3 is 1. The van der Waals surface area contributed by atoms with Crippen molar-refractivity contribution in [2.24, 2.45) is 0 Å². The molecule has 3 rings (SSSR count). The van der Waals surface area contributed by atoms with E-state index in [2.05, 4.69) is 35.1 Å². The van der Waals surface area contributed by atoms with E-state index in [9.17, 15) is 14.9 Å². The Morgan fingerprint density at radius 2 is 1.91 bits per heavy atom. The second kappa shape index (κ2) is 12.3. The highest BCUT2D eigenvalue weighted by molar-refractivity contribution is 5.99. The summed E-state index contributed by atoms with van der Waals surface area (Å²) in [6, 6.07) is 13.8. The minimum absolute atomic E-state index is 0.00457. The molecule has 1 saturated heterocycles. The first kappa shape index (κ1) is 25.5. The monoisotopic (exact) mass is 470 g/mol.